The normalized spacial score (nSPS) is 15.7. The summed E-state index contributed by atoms with van der Waals surface area (Å²) >= 11 is 0. The summed E-state index contributed by atoms with van der Waals surface area (Å²) in [6.07, 6.45) is 1.02. The zero-order chi connectivity index (χ0) is 20.8. The van der Waals surface area contributed by atoms with Gasteiger partial charge in [-0.1, -0.05) is 30.3 Å². The first-order chi connectivity index (χ1) is 14.1. The number of carbonyl (C=O) groups excluding carboxylic acids is 1. The van der Waals surface area contributed by atoms with Crippen LogP contribution in [-0.4, -0.2) is 69.3 Å². The molecule has 0 aromatic heterocycles. The molecule has 0 radical (unpaired) electrons. The van der Waals surface area contributed by atoms with Gasteiger partial charge in [0.1, 0.15) is 0 Å². The average molecular weight is 399 g/mol. The summed E-state index contributed by atoms with van der Waals surface area (Å²) < 4.78 is 16.1. The second kappa shape index (κ2) is 9.65. The minimum absolute atomic E-state index is 0.0142. The third-order valence-corrected chi connectivity index (χ3v) is 5.51. The highest BCUT2D eigenvalue weighted by Gasteiger charge is 2.26. The molecule has 6 nitrogen and oxygen atoms in total. The number of ether oxygens (including phenoxy) is 3. The van der Waals surface area contributed by atoms with Gasteiger partial charge in [-0.15, -0.1) is 0 Å². The van der Waals surface area contributed by atoms with Crippen molar-refractivity contribution in [1.82, 2.24) is 9.80 Å². The van der Waals surface area contributed by atoms with Crippen molar-refractivity contribution in [3.8, 4) is 17.2 Å². The summed E-state index contributed by atoms with van der Waals surface area (Å²) in [4.78, 5) is 17.4. The maximum atomic E-state index is 13.1. The Balaban J connectivity index is 1.64. The number of benzene rings is 2. The van der Waals surface area contributed by atoms with Crippen molar-refractivity contribution in [2.24, 2.45) is 0 Å². The topological polar surface area (TPSA) is 51.2 Å². The van der Waals surface area contributed by atoms with Crippen molar-refractivity contribution < 1.29 is 19.0 Å². The minimum Gasteiger partial charge on any atom is -0.493 e. The van der Waals surface area contributed by atoms with Gasteiger partial charge in [0.15, 0.2) is 11.5 Å². The van der Waals surface area contributed by atoms with Crippen LogP contribution in [0.2, 0.25) is 0 Å². The van der Waals surface area contributed by atoms with E-state index in [-0.39, 0.29) is 5.91 Å². The van der Waals surface area contributed by atoms with Gasteiger partial charge in [0, 0.05) is 37.8 Å². The van der Waals surface area contributed by atoms with E-state index < -0.39 is 0 Å². The van der Waals surface area contributed by atoms with Crippen LogP contribution in [0, 0.1) is 0 Å². The summed E-state index contributed by atoms with van der Waals surface area (Å²) in [5.41, 5.74) is 1.89. The van der Waals surface area contributed by atoms with E-state index >= 15 is 0 Å². The number of nitrogens with zero attached hydrogens (tertiary/aromatic N) is 2. The summed E-state index contributed by atoms with van der Waals surface area (Å²) in [7, 11) is 4.66. The molecule has 29 heavy (non-hydrogen) atoms. The number of piperazine rings is 1. The van der Waals surface area contributed by atoms with Crippen molar-refractivity contribution in [3.05, 3.63) is 53.6 Å². The van der Waals surface area contributed by atoms with E-state index in [1.165, 1.54) is 5.56 Å². The van der Waals surface area contributed by atoms with E-state index in [0.29, 0.717) is 41.9 Å². The number of rotatable bonds is 7. The Hall–Kier alpha value is -2.73. The van der Waals surface area contributed by atoms with Gasteiger partial charge in [0.2, 0.25) is 5.75 Å². The van der Waals surface area contributed by atoms with Gasteiger partial charge >= 0.3 is 0 Å². The van der Waals surface area contributed by atoms with Crippen LogP contribution in [0.25, 0.3) is 0 Å². The predicted octanol–water partition coefficient (Wildman–Crippen LogP) is 3.10. The fourth-order valence-electron chi connectivity index (χ4n) is 3.84. The van der Waals surface area contributed by atoms with Crippen LogP contribution in [0.1, 0.15) is 22.8 Å². The van der Waals surface area contributed by atoms with Crippen LogP contribution in [0.5, 0.6) is 17.2 Å². The van der Waals surface area contributed by atoms with E-state index in [9.17, 15) is 4.79 Å². The Bertz CT molecular complexity index is 792. The first-order valence-corrected chi connectivity index (χ1v) is 9.94. The molecule has 1 unspecified atom stereocenters. The number of hydrogen-bond donors (Lipinski definition) is 0. The Morgan fingerprint density at radius 1 is 0.931 bits per heavy atom. The minimum atomic E-state index is -0.0142. The monoisotopic (exact) mass is 398 g/mol. The molecule has 156 valence electrons. The van der Waals surface area contributed by atoms with E-state index in [1.807, 2.05) is 11.0 Å². The maximum Gasteiger partial charge on any atom is 0.254 e. The highest BCUT2D eigenvalue weighted by molar-refractivity contribution is 5.95. The third-order valence-electron chi connectivity index (χ3n) is 5.51. The molecule has 6 heteroatoms. The third kappa shape index (κ3) is 4.82. The number of hydrogen-bond acceptors (Lipinski definition) is 5. The molecular formula is C23H30N2O4. The molecule has 0 bridgehead atoms. The molecule has 1 atom stereocenters. The van der Waals surface area contributed by atoms with Crippen LogP contribution >= 0.6 is 0 Å². The first kappa shape index (κ1) is 21.0. The number of carbonyl (C=O) groups is 1. The summed E-state index contributed by atoms with van der Waals surface area (Å²) in [6.45, 7) is 5.39. The Morgan fingerprint density at radius 3 is 2.03 bits per heavy atom. The zero-order valence-electron chi connectivity index (χ0n) is 17.7. The highest BCUT2D eigenvalue weighted by atomic mass is 16.5. The van der Waals surface area contributed by atoms with E-state index in [4.69, 9.17) is 14.2 Å². The lowest BCUT2D eigenvalue weighted by molar-refractivity contribution is 0.0582. The van der Waals surface area contributed by atoms with Gasteiger partial charge in [0.25, 0.3) is 5.91 Å². The molecule has 2 aromatic carbocycles. The fourth-order valence-corrected chi connectivity index (χ4v) is 3.84. The summed E-state index contributed by atoms with van der Waals surface area (Å²) in [5, 5.41) is 0. The molecular weight excluding hydrogens is 368 g/mol. The number of amides is 1. The van der Waals surface area contributed by atoms with Crippen molar-refractivity contribution in [1.29, 1.82) is 0 Å². The van der Waals surface area contributed by atoms with E-state index in [2.05, 4.69) is 36.1 Å². The van der Waals surface area contributed by atoms with Crippen molar-refractivity contribution >= 4 is 5.91 Å². The quantitative estimate of drug-likeness (QED) is 0.717. The van der Waals surface area contributed by atoms with Crippen molar-refractivity contribution in [3.63, 3.8) is 0 Å². The molecule has 1 aliphatic rings. The molecule has 0 aliphatic carbocycles. The summed E-state index contributed by atoms with van der Waals surface area (Å²) in [6, 6.07) is 14.4. The van der Waals surface area contributed by atoms with Crippen molar-refractivity contribution in [2.45, 2.75) is 19.4 Å². The second-order valence-corrected chi connectivity index (χ2v) is 7.28. The lowest BCUT2D eigenvalue weighted by Gasteiger charge is -2.38. The molecule has 0 spiro atoms. The van der Waals surface area contributed by atoms with Gasteiger partial charge in [-0.2, -0.15) is 0 Å². The predicted molar refractivity (Wildman–Crippen MR) is 113 cm³/mol. The smallest absolute Gasteiger partial charge is 0.254 e. The SMILES string of the molecule is COc1cc(C(=O)N2CCN(C(C)Cc3ccccc3)CC2)cc(OC)c1OC. The molecule has 1 heterocycles. The van der Waals surface area contributed by atoms with Gasteiger partial charge < -0.3 is 19.1 Å². The van der Waals surface area contributed by atoms with Gasteiger partial charge in [-0.05, 0) is 31.0 Å². The van der Waals surface area contributed by atoms with Crippen LogP contribution in [-0.2, 0) is 6.42 Å². The van der Waals surface area contributed by atoms with Crippen molar-refractivity contribution in [2.75, 3.05) is 47.5 Å². The summed E-state index contributed by atoms with van der Waals surface area (Å²) in [5.74, 6) is 1.46. The standard InChI is InChI=1S/C23H30N2O4/c1-17(14-18-8-6-5-7-9-18)24-10-12-25(13-11-24)23(26)19-15-20(27-2)22(29-4)21(16-19)28-3/h5-9,15-17H,10-14H2,1-4H3. The maximum absolute atomic E-state index is 13.1. The highest BCUT2D eigenvalue weighted by Crippen LogP contribution is 2.38. The van der Waals surface area contributed by atoms with Crippen LogP contribution in [0.3, 0.4) is 0 Å². The van der Waals surface area contributed by atoms with E-state index in [0.717, 1.165) is 19.5 Å². The molecule has 1 amide bonds. The average Bonchev–Trinajstić information content (AvgIpc) is 2.78. The largest absolute Gasteiger partial charge is 0.493 e. The van der Waals surface area contributed by atoms with Gasteiger partial charge in [-0.25, -0.2) is 0 Å². The molecule has 3 rings (SSSR count). The molecule has 0 saturated carbocycles. The Kier molecular flexibility index (Phi) is 6.99. The number of methoxy groups -OCH3 is 3. The molecule has 2 aromatic rings. The molecule has 1 saturated heterocycles. The molecule has 0 N–H and O–H groups in total. The van der Waals surface area contributed by atoms with Gasteiger partial charge in [-0.3, -0.25) is 9.69 Å². The first-order valence-electron chi connectivity index (χ1n) is 9.94. The fraction of sp³-hybridized carbons (Fsp3) is 0.435. The lowest BCUT2D eigenvalue weighted by Crippen LogP contribution is -2.51. The van der Waals surface area contributed by atoms with Crippen LogP contribution in [0.15, 0.2) is 42.5 Å². The second-order valence-electron chi connectivity index (χ2n) is 7.28. The van der Waals surface area contributed by atoms with Crippen LogP contribution in [0.4, 0.5) is 0 Å². The van der Waals surface area contributed by atoms with E-state index in [1.54, 1.807) is 33.5 Å². The lowest BCUT2D eigenvalue weighted by atomic mass is 10.1. The Labute approximate surface area is 173 Å². The molecule has 1 fully saturated rings. The van der Waals surface area contributed by atoms with Gasteiger partial charge in [0.05, 0.1) is 21.3 Å². The molecule has 1 aliphatic heterocycles. The Morgan fingerprint density at radius 2 is 1.52 bits per heavy atom. The van der Waals surface area contributed by atoms with Crippen LogP contribution < -0.4 is 14.2 Å². The zero-order valence-corrected chi connectivity index (χ0v) is 17.7.